The average molecular weight is 289 g/mol. The second kappa shape index (κ2) is 9.80. The molecule has 21 heavy (non-hydrogen) atoms. The Morgan fingerprint density at radius 2 is 1.62 bits per heavy atom. The van der Waals surface area contributed by atoms with Gasteiger partial charge in [0.05, 0.1) is 6.21 Å². The summed E-state index contributed by atoms with van der Waals surface area (Å²) in [7, 11) is 0. The van der Waals surface area contributed by atoms with E-state index in [0.717, 1.165) is 18.7 Å². The Hall–Kier alpha value is -2.04. The van der Waals surface area contributed by atoms with Crippen LogP contribution < -0.4 is 16.4 Å². The van der Waals surface area contributed by atoms with Crippen molar-refractivity contribution in [2.45, 2.75) is 39.5 Å². The Morgan fingerprint density at radius 1 is 1.05 bits per heavy atom. The minimum Gasteiger partial charge on any atom is -0.372 e. The fourth-order valence-electron chi connectivity index (χ4n) is 2.00. The van der Waals surface area contributed by atoms with Crippen molar-refractivity contribution in [1.29, 1.82) is 0 Å². The van der Waals surface area contributed by atoms with Crippen molar-refractivity contribution >= 4 is 17.9 Å². The van der Waals surface area contributed by atoms with Crippen LogP contribution in [0.25, 0.3) is 0 Å². The highest BCUT2D eigenvalue weighted by Crippen LogP contribution is 2.16. The second-order valence-electron chi connectivity index (χ2n) is 5.06. The van der Waals surface area contributed by atoms with E-state index in [-0.39, 0.29) is 5.96 Å². The lowest BCUT2D eigenvalue weighted by Gasteiger charge is -2.24. The maximum atomic E-state index is 5.22. The molecule has 1 aromatic carbocycles. The number of hydrogen-bond donors (Lipinski definition) is 2. The van der Waals surface area contributed by atoms with Crippen molar-refractivity contribution in [3.63, 3.8) is 0 Å². The molecular weight excluding hydrogens is 262 g/mol. The molecule has 0 spiro atoms. The van der Waals surface area contributed by atoms with Crippen molar-refractivity contribution < 1.29 is 0 Å². The van der Waals surface area contributed by atoms with Gasteiger partial charge in [-0.15, -0.1) is 5.10 Å². The fraction of sp³-hybridized carbons (Fsp3) is 0.500. The van der Waals surface area contributed by atoms with E-state index in [1.54, 1.807) is 6.21 Å². The van der Waals surface area contributed by atoms with Crippen LogP contribution in [-0.2, 0) is 0 Å². The largest absolute Gasteiger partial charge is 0.372 e. The van der Waals surface area contributed by atoms with Gasteiger partial charge in [-0.25, -0.2) is 0 Å². The monoisotopic (exact) mass is 289 g/mol. The highest BCUT2D eigenvalue weighted by Gasteiger charge is 2.05. The van der Waals surface area contributed by atoms with Crippen LogP contribution in [0.2, 0.25) is 0 Å². The predicted molar refractivity (Wildman–Crippen MR) is 91.9 cm³/mol. The van der Waals surface area contributed by atoms with Crippen LogP contribution in [0.15, 0.2) is 34.5 Å². The summed E-state index contributed by atoms with van der Waals surface area (Å²) in [5.41, 5.74) is 12.7. The Morgan fingerprint density at radius 3 is 2.10 bits per heavy atom. The van der Waals surface area contributed by atoms with Gasteiger partial charge in [0.15, 0.2) is 0 Å². The number of nitrogens with two attached hydrogens (primary N) is 2. The lowest BCUT2D eigenvalue weighted by atomic mass is 10.2. The van der Waals surface area contributed by atoms with E-state index in [1.165, 1.54) is 31.4 Å². The van der Waals surface area contributed by atoms with E-state index in [4.69, 9.17) is 11.5 Å². The molecule has 0 amide bonds. The fourth-order valence-corrected chi connectivity index (χ4v) is 2.00. The zero-order chi connectivity index (χ0) is 15.5. The number of hydrogen-bond acceptors (Lipinski definition) is 3. The number of rotatable bonds is 9. The summed E-state index contributed by atoms with van der Waals surface area (Å²) in [5, 5.41) is 7.40. The topological polar surface area (TPSA) is 80.0 Å². The summed E-state index contributed by atoms with van der Waals surface area (Å²) < 4.78 is 0. The third-order valence-corrected chi connectivity index (χ3v) is 3.20. The molecule has 0 aliphatic carbocycles. The van der Waals surface area contributed by atoms with Crippen molar-refractivity contribution in [2.24, 2.45) is 21.7 Å². The summed E-state index contributed by atoms with van der Waals surface area (Å²) in [6, 6.07) is 8.32. The molecule has 0 unspecified atom stereocenters. The third-order valence-electron chi connectivity index (χ3n) is 3.20. The predicted octanol–water partition coefficient (Wildman–Crippen LogP) is 2.70. The Bertz CT molecular complexity index is 438. The van der Waals surface area contributed by atoms with Gasteiger partial charge >= 0.3 is 0 Å². The van der Waals surface area contributed by atoms with Crippen LogP contribution in [0.1, 0.15) is 45.1 Å². The molecule has 4 N–H and O–H groups in total. The van der Waals surface area contributed by atoms with E-state index in [2.05, 4.69) is 41.1 Å². The molecule has 1 aromatic rings. The third kappa shape index (κ3) is 6.79. The standard InChI is InChI=1S/C16H27N5/c1-3-5-11-21(12-6-4-2)15-9-7-14(8-10-15)13-19-20-16(17)18/h7-10,13H,3-6,11-12H2,1-2H3,(H4,17,18,20)/b19-13+. The molecule has 5 heteroatoms. The first kappa shape index (κ1) is 17.0. The smallest absolute Gasteiger partial charge is 0.211 e. The van der Waals surface area contributed by atoms with Gasteiger partial charge in [-0.05, 0) is 30.5 Å². The van der Waals surface area contributed by atoms with Gasteiger partial charge in [0.25, 0.3) is 0 Å². The molecular formula is C16H27N5. The Balaban J connectivity index is 2.71. The van der Waals surface area contributed by atoms with Crippen molar-refractivity contribution in [3.05, 3.63) is 29.8 Å². The molecule has 116 valence electrons. The first-order chi connectivity index (χ1) is 10.2. The highest BCUT2D eigenvalue weighted by atomic mass is 15.3. The maximum Gasteiger partial charge on any atom is 0.211 e. The molecule has 0 atom stereocenters. The Kier molecular flexibility index (Phi) is 7.94. The molecule has 5 nitrogen and oxygen atoms in total. The zero-order valence-electron chi connectivity index (χ0n) is 13.1. The number of benzene rings is 1. The van der Waals surface area contributed by atoms with Gasteiger partial charge < -0.3 is 16.4 Å². The van der Waals surface area contributed by atoms with Crippen LogP contribution in [0.5, 0.6) is 0 Å². The van der Waals surface area contributed by atoms with E-state index < -0.39 is 0 Å². The number of nitrogens with zero attached hydrogens (tertiary/aromatic N) is 3. The lowest BCUT2D eigenvalue weighted by Crippen LogP contribution is -2.25. The molecule has 0 aromatic heterocycles. The number of unbranched alkanes of at least 4 members (excludes halogenated alkanes) is 2. The SMILES string of the molecule is CCCCN(CCCC)c1ccc(/C=N/N=C(N)N)cc1. The average Bonchev–Trinajstić information content (AvgIpc) is 2.48. The van der Waals surface area contributed by atoms with Crippen molar-refractivity contribution in [3.8, 4) is 0 Å². The molecule has 0 radical (unpaired) electrons. The van der Waals surface area contributed by atoms with Gasteiger partial charge in [0.2, 0.25) is 5.96 Å². The van der Waals surface area contributed by atoms with Gasteiger partial charge in [-0.1, -0.05) is 38.8 Å². The van der Waals surface area contributed by atoms with Crippen LogP contribution in [0.3, 0.4) is 0 Å². The molecule has 0 heterocycles. The van der Waals surface area contributed by atoms with E-state index >= 15 is 0 Å². The van der Waals surface area contributed by atoms with Crippen LogP contribution >= 0.6 is 0 Å². The van der Waals surface area contributed by atoms with Crippen LogP contribution in [-0.4, -0.2) is 25.3 Å². The van der Waals surface area contributed by atoms with Gasteiger partial charge in [0, 0.05) is 18.8 Å². The first-order valence-corrected chi connectivity index (χ1v) is 7.64. The van der Waals surface area contributed by atoms with Crippen LogP contribution in [0.4, 0.5) is 5.69 Å². The number of guanidine groups is 1. The molecule has 0 bridgehead atoms. The molecule has 0 saturated carbocycles. The highest BCUT2D eigenvalue weighted by molar-refractivity contribution is 5.82. The van der Waals surface area contributed by atoms with Crippen LogP contribution in [0, 0.1) is 0 Å². The van der Waals surface area contributed by atoms with Crippen molar-refractivity contribution in [2.75, 3.05) is 18.0 Å². The van der Waals surface area contributed by atoms with Gasteiger partial charge in [0.1, 0.15) is 0 Å². The molecule has 1 rings (SSSR count). The summed E-state index contributed by atoms with van der Waals surface area (Å²) in [5.74, 6) is -0.0341. The minimum absolute atomic E-state index is 0.0341. The van der Waals surface area contributed by atoms with Gasteiger partial charge in [-0.3, -0.25) is 0 Å². The minimum atomic E-state index is -0.0341. The van der Waals surface area contributed by atoms with E-state index in [1.807, 2.05) is 12.1 Å². The summed E-state index contributed by atoms with van der Waals surface area (Å²) in [6.45, 7) is 6.67. The van der Waals surface area contributed by atoms with Gasteiger partial charge in [-0.2, -0.15) is 5.10 Å². The molecule has 0 fully saturated rings. The van der Waals surface area contributed by atoms with E-state index in [9.17, 15) is 0 Å². The lowest BCUT2D eigenvalue weighted by molar-refractivity contribution is 0.678. The first-order valence-electron chi connectivity index (χ1n) is 7.64. The number of anilines is 1. The summed E-state index contributed by atoms with van der Waals surface area (Å²) in [4.78, 5) is 2.45. The maximum absolute atomic E-state index is 5.22. The zero-order valence-corrected chi connectivity index (χ0v) is 13.1. The molecule has 0 aliphatic heterocycles. The van der Waals surface area contributed by atoms with E-state index in [0.29, 0.717) is 0 Å². The van der Waals surface area contributed by atoms with Crippen molar-refractivity contribution in [1.82, 2.24) is 0 Å². The summed E-state index contributed by atoms with van der Waals surface area (Å²) in [6.07, 6.45) is 6.51. The Labute approximate surface area is 127 Å². The summed E-state index contributed by atoms with van der Waals surface area (Å²) >= 11 is 0. The molecule has 0 aliphatic rings. The quantitative estimate of drug-likeness (QED) is 0.417. The molecule has 0 saturated heterocycles. The second-order valence-corrected chi connectivity index (χ2v) is 5.06. The normalized spacial score (nSPS) is 10.8.